The van der Waals surface area contributed by atoms with Crippen LogP contribution in [0, 0.1) is 0 Å². The maximum atomic E-state index is 6.62. The second-order valence-corrected chi connectivity index (χ2v) is 7.99. The number of hydrogen-bond donors (Lipinski definition) is 0. The summed E-state index contributed by atoms with van der Waals surface area (Å²) in [6.07, 6.45) is 0. The predicted octanol–water partition coefficient (Wildman–Crippen LogP) is 5.44. The van der Waals surface area contributed by atoms with Gasteiger partial charge < -0.3 is 4.74 Å². The Morgan fingerprint density at radius 2 is 2.04 bits per heavy atom. The average molecular weight is 487 g/mol. The van der Waals surface area contributed by atoms with Gasteiger partial charge in [0.15, 0.2) is 5.72 Å². The molecule has 6 heteroatoms. The third-order valence-electron chi connectivity index (χ3n) is 4.82. The van der Waals surface area contributed by atoms with E-state index in [0.29, 0.717) is 16.7 Å². The van der Waals surface area contributed by atoms with E-state index in [4.69, 9.17) is 32.9 Å². The Labute approximate surface area is 171 Å². The van der Waals surface area contributed by atoms with Crippen LogP contribution in [0.5, 0.6) is 0 Å². The second-order valence-electron chi connectivity index (χ2n) is 6.38. The molecule has 0 aromatic heterocycles. The lowest BCUT2D eigenvalue weighted by atomic mass is 9.91. The third-order valence-corrected chi connectivity index (χ3v) is 6.26. The first-order valence-corrected chi connectivity index (χ1v) is 10.4. The number of rotatable bonds is 2. The standard InChI is InChI=1S/C19H17Cl2IN2O/c1-12-11-25-19(15-4-2-3-5-17(15)21)16-8-13(20)6-7-18(16)23-14(9-22)10-24(12)19/h2-8,12H,9-11H2,1H3. The molecule has 2 unspecified atom stereocenters. The molecule has 2 aliphatic rings. The van der Waals surface area contributed by atoms with Gasteiger partial charge in [-0.1, -0.05) is 64.0 Å². The number of aliphatic imine (C=N–C) groups is 1. The molecule has 1 fully saturated rings. The van der Waals surface area contributed by atoms with Crippen LogP contribution in [0.15, 0.2) is 47.5 Å². The zero-order valence-corrected chi connectivity index (χ0v) is 17.3. The minimum atomic E-state index is -0.769. The van der Waals surface area contributed by atoms with Gasteiger partial charge in [0.2, 0.25) is 0 Å². The first-order chi connectivity index (χ1) is 12.1. The molecular formula is C19H17Cl2IN2O. The summed E-state index contributed by atoms with van der Waals surface area (Å²) in [7, 11) is 0. The van der Waals surface area contributed by atoms with Crippen molar-refractivity contribution in [2.24, 2.45) is 4.99 Å². The highest BCUT2D eigenvalue weighted by molar-refractivity contribution is 14.1. The lowest BCUT2D eigenvalue weighted by Crippen LogP contribution is -2.47. The van der Waals surface area contributed by atoms with Crippen LogP contribution in [-0.4, -0.2) is 34.2 Å². The van der Waals surface area contributed by atoms with Crippen molar-refractivity contribution in [1.82, 2.24) is 4.90 Å². The van der Waals surface area contributed by atoms with Crippen molar-refractivity contribution in [2.75, 3.05) is 17.6 Å². The monoisotopic (exact) mass is 486 g/mol. The molecule has 2 atom stereocenters. The van der Waals surface area contributed by atoms with Crippen molar-refractivity contribution in [2.45, 2.75) is 18.7 Å². The number of nitrogens with zero attached hydrogens (tertiary/aromatic N) is 2. The molecule has 1 saturated heterocycles. The van der Waals surface area contributed by atoms with Crippen molar-refractivity contribution >= 4 is 57.2 Å². The summed E-state index contributed by atoms with van der Waals surface area (Å²) >= 11 is 15.3. The molecule has 0 aliphatic carbocycles. The highest BCUT2D eigenvalue weighted by Crippen LogP contribution is 2.50. The van der Waals surface area contributed by atoms with E-state index in [1.165, 1.54) is 0 Å². The van der Waals surface area contributed by atoms with Gasteiger partial charge in [-0.3, -0.25) is 9.89 Å². The molecule has 0 N–H and O–H groups in total. The Morgan fingerprint density at radius 1 is 1.24 bits per heavy atom. The molecule has 0 saturated carbocycles. The summed E-state index contributed by atoms with van der Waals surface area (Å²) in [5.74, 6) is 0. The zero-order valence-electron chi connectivity index (χ0n) is 13.7. The normalized spacial score (nSPS) is 25.9. The van der Waals surface area contributed by atoms with Crippen LogP contribution in [-0.2, 0) is 10.5 Å². The lowest BCUT2D eigenvalue weighted by Gasteiger charge is -2.39. The second kappa shape index (κ2) is 6.82. The van der Waals surface area contributed by atoms with Crippen LogP contribution in [0.25, 0.3) is 0 Å². The number of hydrogen-bond acceptors (Lipinski definition) is 3. The van der Waals surface area contributed by atoms with E-state index in [2.05, 4.69) is 34.4 Å². The molecule has 0 amide bonds. The first kappa shape index (κ1) is 17.7. The summed E-state index contributed by atoms with van der Waals surface area (Å²) in [5, 5.41) is 1.35. The van der Waals surface area contributed by atoms with Crippen LogP contribution in [0.1, 0.15) is 18.1 Å². The van der Waals surface area contributed by atoms with E-state index in [1.807, 2.05) is 42.5 Å². The summed E-state index contributed by atoms with van der Waals surface area (Å²) in [5.41, 5.74) is 3.14. The maximum absolute atomic E-state index is 6.62. The van der Waals surface area contributed by atoms with Crippen LogP contribution in [0.2, 0.25) is 10.0 Å². The Hall–Kier alpha value is -0.660. The Balaban J connectivity index is 2.05. The van der Waals surface area contributed by atoms with Gasteiger partial charge in [-0.05, 0) is 31.2 Å². The van der Waals surface area contributed by atoms with E-state index in [-0.39, 0.29) is 6.04 Å². The molecule has 4 rings (SSSR count). The Kier molecular flexibility index (Phi) is 4.84. The van der Waals surface area contributed by atoms with Crippen LogP contribution < -0.4 is 0 Å². The van der Waals surface area contributed by atoms with Gasteiger partial charge in [-0.15, -0.1) is 0 Å². The molecule has 0 bridgehead atoms. The van der Waals surface area contributed by atoms with Gasteiger partial charge in [0.1, 0.15) is 0 Å². The molecule has 130 valence electrons. The number of alkyl halides is 1. The highest BCUT2D eigenvalue weighted by Gasteiger charge is 2.52. The minimum Gasteiger partial charge on any atom is -0.350 e. The van der Waals surface area contributed by atoms with Gasteiger partial charge in [0, 0.05) is 43.9 Å². The fraction of sp³-hybridized carbons (Fsp3) is 0.316. The lowest BCUT2D eigenvalue weighted by molar-refractivity contribution is -0.0469. The van der Waals surface area contributed by atoms with Gasteiger partial charge in [0.25, 0.3) is 0 Å². The van der Waals surface area contributed by atoms with Gasteiger partial charge in [-0.2, -0.15) is 0 Å². The number of halogens is 3. The summed E-state index contributed by atoms with van der Waals surface area (Å²) in [6, 6.07) is 13.9. The smallest absolute Gasteiger partial charge is 0.178 e. The van der Waals surface area contributed by atoms with Crippen LogP contribution >= 0.6 is 45.8 Å². The molecule has 2 heterocycles. The fourth-order valence-corrected chi connectivity index (χ4v) is 4.54. The molecule has 0 radical (unpaired) electrons. The summed E-state index contributed by atoms with van der Waals surface area (Å²) < 4.78 is 7.35. The topological polar surface area (TPSA) is 24.8 Å². The van der Waals surface area contributed by atoms with Gasteiger partial charge in [0.05, 0.1) is 12.3 Å². The predicted molar refractivity (Wildman–Crippen MR) is 112 cm³/mol. The first-order valence-electron chi connectivity index (χ1n) is 8.14. The SMILES string of the molecule is CC1COC2(c3ccccc3Cl)c3cc(Cl)ccc3N=C(CI)CN12. The average Bonchev–Trinajstić information content (AvgIpc) is 2.85. The van der Waals surface area contributed by atoms with Crippen molar-refractivity contribution in [3.05, 3.63) is 63.6 Å². The molecule has 3 nitrogen and oxygen atoms in total. The van der Waals surface area contributed by atoms with Crippen molar-refractivity contribution in [3.63, 3.8) is 0 Å². The van der Waals surface area contributed by atoms with E-state index in [0.717, 1.165) is 33.5 Å². The largest absolute Gasteiger partial charge is 0.350 e. The molecule has 0 spiro atoms. The van der Waals surface area contributed by atoms with Crippen molar-refractivity contribution in [3.8, 4) is 0 Å². The minimum absolute atomic E-state index is 0.245. The van der Waals surface area contributed by atoms with Crippen molar-refractivity contribution < 1.29 is 4.74 Å². The molecule has 25 heavy (non-hydrogen) atoms. The van der Waals surface area contributed by atoms with E-state index in [1.54, 1.807) is 0 Å². The maximum Gasteiger partial charge on any atom is 0.178 e. The van der Waals surface area contributed by atoms with Gasteiger partial charge >= 0.3 is 0 Å². The quantitative estimate of drug-likeness (QED) is 0.417. The summed E-state index contributed by atoms with van der Waals surface area (Å²) in [6.45, 7) is 3.55. The van der Waals surface area contributed by atoms with E-state index >= 15 is 0 Å². The van der Waals surface area contributed by atoms with E-state index < -0.39 is 5.72 Å². The molecular weight excluding hydrogens is 470 g/mol. The van der Waals surface area contributed by atoms with E-state index in [9.17, 15) is 0 Å². The van der Waals surface area contributed by atoms with Gasteiger partial charge in [-0.25, -0.2) is 0 Å². The highest BCUT2D eigenvalue weighted by atomic mass is 127. The molecule has 2 aromatic carbocycles. The van der Waals surface area contributed by atoms with Crippen LogP contribution in [0.3, 0.4) is 0 Å². The Bertz CT molecular complexity index is 857. The molecule has 2 aliphatic heterocycles. The Morgan fingerprint density at radius 3 is 2.80 bits per heavy atom. The fourth-order valence-electron chi connectivity index (χ4n) is 3.69. The molecule has 2 aromatic rings. The third kappa shape index (κ3) is 2.82. The summed E-state index contributed by atoms with van der Waals surface area (Å²) in [4.78, 5) is 7.26. The number of benzene rings is 2. The van der Waals surface area contributed by atoms with Crippen LogP contribution in [0.4, 0.5) is 5.69 Å². The zero-order chi connectivity index (χ0) is 17.6. The number of fused-ring (bicyclic) bond motifs is 3. The number of ether oxygens (including phenoxy) is 1. The van der Waals surface area contributed by atoms with Crippen molar-refractivity contribution in [1.29, 1.82) is 0 Å².